The molecular formula is C25H24FN5O. The van der Waals surface area contributed by atoms with Gasteiger partial charge in [-0.05, 0) is 35.9 Å². The first-order chi connectivity index (χ1) is 15.7. The molecule has 3 aromatic carbocycles. The van der Waals surface area contributed by atoms with E-state index in [1.807, 2.05) is 36.4 Å². The Bertz CT molecular complexity index is 1230. The zero-order valence-electron chi connectivity index (χ0n) is 17.6. The number of nitrogens with zero attached hydrogens (tertiary/aromatic N) is 4. The van der Waals surface area contributed by atoms with Crippen LogP contribution in [0.1, 0.15) is 5.56 Å². The lowest BCUT2D eigenvalue weighted by Crippen LogP contribution is -2.50. The van der Waals surface area contributed by atoms with E-state index in [1.54, 1.807) is 17.0 Å². The molecule has 4 aromatic rings. The van der Waals surface area contributed by atoms with Crippen molar-refractivity contribution in [2.75, 3.05) is 36.4 Å². The lowest BCUT2D eigenvalue weighted by atomic mass is 10.2. The summed E-state index contributed by atoms with van der Waals surface area (Å²) in [6.45, 7) is 3.21. The minimum atomic E-state index is -0.370. The number of halogens is 1. The minimum Gasteiger partial charge on any atom is -0.339 e. The Balaban J connectivity index is 1.32. The van der Waals surface area contributed by atoms with E-state index in [1.165, 1.54) is 17.7 Å². The van der Waals surface area contributed by atoms with Gasteiger partial charge in [-0.2, -0.15) is 0 Å². The first kappa shape index (κ1) is 20.1. The van der Waals surface area contributed by atoms with Crippen LogP contribution in [-0.4, -0.2) is 46.7 Å². The van der Waals surface area contributed by atoms with Crippen LogP contribution < -0.4 is 10.2 Å². The molecule has 0 unspecified atom stereocenters. The van der Waals surface area contributed by atoms with Gasteiger partial charge in [-0.25, -0.2) is 14.2 Å². The molecule has 0 aliphatic carbocycles. The molecule has 6 nitrogen and oxygen atoms in total. The van der Waals surface area contributed by atoms with E-state index in [0.717, 1.165) is 23.5 Å². The number of imidazole rings is 1. The van der Waals surface area contributed by atoms with Crippen LogP contribution in [0, 0.1) is 5.82 Å². The highest BCUT2D eigenvalue weighted by Gasteiger charge is 2.25. The van der Waals surface area contributed by atoms with E-state index < -0.39 is 0 Å². The zero-order chi connectivity index (χ0) is 21.9. The first-order valence-electron chi connectivity index (χ1n) is 10.7. The summed E-state index contributed by atoms with van der Waals surface area (Å²) in [6, 6.07) is 24.2. The van der Waals surface area contributed by atoms with E-state index in [-0.39, 0.29) is 11.8 Å². The Hall–Kier alpha value is -3.87. The Kier molecular flexibility index (Phi) is 5.46. The van der Waals surface area contributed by atoms with Gasteiger partial charge < -0.3 is 19.7 Å². The molecule has 7 heteroatoms. The van der Waals surface area contributed by atoms with E-state index in [2.05, 4.69) is 33.0 Å². The van der Waals surface area contributed by atoms with Crippen molar-refractivity contribution < 1.29 is 9.18 Å². The quantitative estimate of drug-likeness (QED) is 0.517. The van der Waals surface area contributed by atoms with Crippen molar-refractivity contribution in [2.24, 2.45) is 0 Å². The number of anilines is 2. The van der Waals surface area contributed by atoms with Gasteiger partial charge in [0, 0.05) is 31.9 Å². The molecular weight excluding hydrogens is 405 g/mol. The van der Waals surface area contributed by atoms with Crippen molar-refractivity contribution in [1.29, 1.82) is 0 Å². The number of hydrogen-bond donors (Lipinski definition) is 1. The van der Waals surface area contributed by atoms with Gasteiger partial charge in [0.05, 0.1) is 17.6 Å². The number of urea groups is 1. The molecule has 1 fully saturated rings. The number of carbonyl (C=O) groups is 1. The van der Waals surface area contributed by atoms with Crippen molar-refractivity contribution in [3.63, 3.8) is 0 Å². The summed E-state index contributed by atoms with van der Waals surface area (Å²) in [5.74, 6) is 0.546. The largest absolute Gasteiger partial charge is 0.339 e. The van der Waals surface area contributed by atoms with Crippen molar-refractivity contribution in [3.05, 3.63) is 90.2 Å². The van der Waals surface area contributed by atoms with Crippen LogP contribution in [0.4, 0.5) is 20.8 Å². The van der Waals surface area contributed by atoms with E-state index >= 15 is 0 Å². The molecule has 0 bridgehead atoms. The van der Waals surface area contributed by atoms with Crippen LogP contribution in [0.3, 0.4) is 0 Å². The number of carbonyl (C=O) groups excluding carboxylic acids is 1. The van der Waals surface area contributed by atoms with Crippen LogP contribution in [-0.2, 0) is 6.54 Å². The number of fused-ring (bicyclic) bond motifs is 1. The summed E-state index contributed by atoms with van der Waals surface area (Å²) < 4.78 is 15.6. The van der Waals surface area contributed by atoms with Gasteiger partial charge in [0.1, 0.15) is 5.82 Å². The van der Waals surface area contributed by atoms with Crippen LogP contribution in [0.5, 0.6) is 0 Å². The Morgan fingerprint density at radius 2 is 1.66 bits per heavy atom. The van der Waals surface area contributed by atoms with Crippen LogP contribution in [0.25, 0.3) is 11.0 Å². The van der Waals surface area contributed by atoms with Gasteiger partial charge in [-0.3, -0.25) is 0 Å². The van der Waals surface area contributed by atoms with E-state index in [0.29, 0.717) is 31.9 Å². The fourth-order valence-electron chi connectivity index (χ4n) is 4.10. The Labute approximate surface area is 185 Å². The van der Waals surface area contributed by atoms with Crippen molar-refractivity contribution in [1.82, 2.24) is 14.5 Å². The predicted octanol–water partition coefficient (Wildman–Crippen LogP) is 4.58. The van der Waals surface area contributed by atoms with Gasteiger partial charge in [-0.1, -0.05) is 48.5 Å². The second-order valence-electron chi connectivity index (χ2n) is 7.89. The lowest BCUT2D eigenvalue weighted by Gasteiger charge is -2.35. The minimum absolute atomic E-state index is 0.215. The molecule has 2 heterocycles. The maximum absolute atomic E-state index is 13.4. The van der Waals surface area contributed by atoms with Gasteiger partial charge in [0.25, 0.3) is 0 Å². The molecule has 1 aromatic heterocycles. The highest BCUT2D eigenvalue weighted by atomic mass is 19.1. The van der Waals surface area contributed by atoms with Crippen LogP contribution >= 0.6 is 0 Å². The summed E-state index contributed by atoms with van der Waals surface area (Å²) in [7, 11) is 0. The second-order valence-corrected chi connectivity index (χ2v) is 7.89. The molecule has 0 spiro atoms. The van der Waals surface area contributed by atoms with E-state index in [9.17, 15) is 9.18 Å². The Morgan fingerprint density at radius 3 is 2.44 bits per heavy atom. The molecule has 32 heavy (non-hydrogen) atoms. The van der Waals surface area contributed by atoms with Crippen LogP contribution in [0.15, 0.2) is 78.9 Å². The number of aromatic nitrogens is 2. The molecule has 2 amide bonds. The number of amides is 2. The fraction of sp³-hybridized carbons (Fsp3) is 0.200. The molecule has 1 N–H and O–H groups in total. The lowest BCUT2D eigenvalue weighted by molar-refractivity contribution is 0.208. The number of piperazine rings is 1. The molecule has 1 aliphatic rings. The third kappa shape index (κ3) is 4.14. The standard InChI is InChI=1S/C25H24FN5O/c26-20-9-6-10-21(17-20)27-25(32)30-15-13-29(14-16-30)24-28-22-11-4-5-12-23(22)31(24)18-19-7-2-1-3-8-19/h1-12,17H,13-16,18H2,(H,27,32). The number of nitrogens with one attached hydrogen (secondary N) is 1. The summed E-state index contributed by atoms with van der Waals surface area (Å²) in [5.41, 5.74) is 3.73. The number of para-hydroxylation sites is 2. The van der Waals surface area contributed by atoms with Crippen LogP contribution in [0.2, 0.25) is 0 Å². The second kappa shape index (κ2) is 8.70. The molecule has 1 saturated heterocycles. The number of hydrogen-bond acceptors (Lipinski definition) is 3. The summed E-state index contributed by atoms with van der Waals surface area (Å²) in [5, 5.41) is 2.78. The van der Waals surface area contributed by atoms with Gasteiger partial charge in [0.15, 0.2) is 0 Å². The SMILES string of the molecule is O=C(Nc1cccc(F)c1)N1CCN(c2nc3ccccc3n2Cc2ccccc2)CC1. The summed E-state index contributed by atoms with van der Waals surface area (Å²) >= 11 is 0. The molecule has 1 aliphatic heterocycles. The zero-order valence-corrected chi connectivity index (χ0v) is 17.6. The van der Waals surface area contributed by atoms with Crippen molar-refractivity contribution in [3.8, 4) is 0 Å². The fourth-order valence-corrected chi connectivity index (χ4v) is 4.10. The normalized spacial score (nSPS) is 14.0. The number of rotatable bonds is 4. The average molecular weight is 429 g/mol. The highest BCUT2D eigenvalue weighted by Crippen LogP contribution is 2.25. The van der Waals surface area contributed by atoms with Gasteiger partial charge >= 0.3 is 6.03 Å². The molecule has 0 radical (unpaired) electrons. The van der Waals surface area contributed by atoms with E-state index in [4.69, 9.17) is 4.98 Å². The van der Waals surface area contributed by atoms with Crippen molar-refractivity contribution >= 4 is 28.7 Å². The van der Waals surface area contributed by atoms with Crippen molar-refractivity contribution in [2.45, 2.75) is 6.54 Å². The molecule has 5 rings (SSSR count). The van der Waals surface area contributed by atoms with Gasteiger partial charge in [0.2, 0.25) is 5.95 Å². The Morgan fingerprint density at radius 1 is 0.906 bits per heavy atom. The smallest absolute Gasteiger partial charge is 0.321 e. The number of benzene rings is 3. The maximum Gasteiger partial charge on any atom is 0.321 e. The maximum atomic E-state index is 13.4. The topological polar surface area (TPSA) is 53.4 Å². The summed E-state index contributed by atoms with van der Waals surface area (Å²) in [6.07, 6.45) is 0. The molecule has 0 atom stereocenters. The third-order valence-corrected chi connectivity index (χ3v) is 5.74. The third-order valence-electron chi connectivity index (χ3n) is 5.74. The average Bonchev–Trinajstić information content (AvgIpc) is 3.18. The van der Waals surface area contributed by atoms with Gasteiger partial charge in [-0.15, -0.1) is 0 Å². The first-order valence-corrected chi connectivity index (χ1v) is 10.7. The molecule has 0 saturated carbocycles. The monoisotopic (exact) mass is 429 g/mol. The summed E-state index contributed by atoms with van der Waals surface area (Å²) in [4.78, 5) is 21.5. The molecule has 162 valence electrons. The predicted molar refractivity (Wildman–Crippen MR) is 124 cm³/mol. The highest BCUT2D eigenvalue weighted by molar-refractivity contribution is 5.89.